The summed E-state index contributed by atoms with van der Waals surface area (Å²) in [5.74, 6) is 1.82. The number of aromatic nitrogens is 3. The summed E-state index contributed by atoms with van der Waals surface area (Å²) < 4.78 is 0. The van der Waals surface area contributed by atoms with Crippen LogP contribution in [0.25, 0.3) is 0 Å². The molecular weight excluding hydrogens is 262 g/mol. The molecule has 0 aliphatic rings. The molecule has 2 rings (SSSR count). The lowest BCUT2D eigenvalue weighted by molar-refractivity contribution is 0.892. The maximum atomic E-state index is 4.50. The molecule has 0 amide bonds. The zero-order valence-electron chi connectivity index (χ0n) is 13.0. The minimum atomic E-state index is 0.668. The molecule has 0 aromatic carbocycles. The molecule has 21 heavy (non-hydrogen) atoms. The predicted molar refractivity (Wildman–Crippen MR) is 86.5 cm³/mol. The molecule has 0 radical (unpaired) electrons. The van der Waals surface area contributed by atoms with Crippen LogP contribution in [-0.2, 0) is 13.0 Å². The van der Waals surface area contributed by atoms with Crippen molar-refractivity contribution in [2.24, 2.45) is 0 Å². The summed E-state index contributed by atoms with van der Waals surface area (Å²) in [5, 5.41) is 6.69. The molecule has 5 heteroatoms. The maximum absolute atomic E-state index is 4.50. The van der Waals surface area contributed by atoms with Gasteiger partial charge in [0.25, 0.3) is 0 Å². The lowest BCUT2D eigenvalue weighted by Gasteiger charge is -2.14. The van der Waals surface area contributed by atoms with Crippen LogP contribution in [0.2, 0.25) is 0 Å². The summed E-state index contributed by atoms with van der Waals surface area (Å²) in [6.07, 6.45) is 3.61. The van der Waals surface area contributed by atoms with E-state index in [1.165, 1.54) is 0 Å². The zero-order valence-corrected chi connectivity index (χ0v) is 13.0. The first-order valence-electron chi connectivity index (χ1n) is 7.48. The van der Waals surface area contributed by atoms with Gasteiger partial charge in [0.2, 0.25) is 0 Å². The third-order valence-corrected chi connectivity index (χ3v) is 3.17. The SMILES string of the molecule is CCCc1c(NCC)ncnc1NCc1cccc(C)n1. The fraction of sp³-hybridized carbons (Fsp3) is 0.438. The van der Waals surface area contributed by atoms with Gasteiger partial charge in [-0.2, -0.15) is 0 Å². The Morgan fingerprint density at radius 2 is 1.81 bits per heavy atom. The number of aryl methyl sites for hydroxylation is 1. The number of hydrogen-bond acceptors (Lipinski definition) is 5. The van der Waals surface area contributed by atoms with Crippen LogP contribution in [0.15, 0.2) is 24.5 Å². The molecule has 2 heterocycles. The zero-order chi connectivity index (χ0) is 15.1. The molecule has 0 atom stereocenters. The second-order valence-corrected chi connectivity index (χ2v) is 4.95. The lowest BCUT2D eigenvalue weighted by Crippen LogP contribution is -2.10. The Hall–Kier alpha value is -2.17. The average molecular weight is 285 g/mol. The summed E-state index contributed by atoms with van der Waals surface area (Å²) >= 11 is 0. The van der Waals surface area contributed by atoms with Crippen molar-refractivity contribution in [1.29, 1.82) is 0 Å². The molecule has 112 valence electrons. The first kappa shape index (κ1) is 15.2. The summed E-state index contributed by atoms with van der Waals surface area (Å²) in [4.78, 5) is 13.2. The molecule has 2 N–H and O–H groups in total. The number of anilines is 2. The molecule has 0 aliphatic heterocycles. The van der Waals surface area contributed by atoms with Crippen molar-refractivity contribution in [2.45, 2.75) is 40.2 Å². The summed E-state index contributed by atoms with van der Waals surface area (Å²) in [6, 6.07) is 6.04. The highest BCUT2D eigenvalue weighted by Crippen LogP contribution is 2.22. The van der Waals surface area contributed by atoms with E-state index in [1.807, 2.05) is 25.1 Å². The van der Waals surface area contributed by atoms with Crippen molar-refractivity contribution in [3.63, 3.8) is 0 Å². The number of nitrogens with one attached hydrogen (secondary N) is 2. The Balaban J connectivity index is 2.16. The van der Waals surface area contributed by atoms with Gasteiger partial charge in [0.05, 0.1) is 12.2 Å². The van der Waals surface area contributed by atoms with Crippen LogP contribution < -0.4 is 10.6 Å². The standard InChI is InChI=1S/C16H23N5/c1-4-7-14-15(17-5-2)19-11-20-16(14)18-10-13-9-6-8-12(3)21-13/h6,8-9,11H,4-5,7,10H2,1-3H3,(H2,17,18,19,20). The predicted octanol–water partition coefficient (Wildman–Crippen LogP) is 3.18. The van der Waals surface area contributed by atoms with Crippen molar-refractivity contribution in [3.05, 3.63) is 41.5 Å². The number of rotatable bonds is 7. The van der Waals surface area contributed by atoms with E-state index >= 15 is 0 Å². The number of nitrogens with zero attached hydrogens (tertiary/aromatic N) is 3. The van der Waals surface area contributed by atoms with E-state index < -0.39 is 0 Å². The highest BCUT2D eigenvalue weighted by Gasteiger charge is 2.10. The van der Waals surface area contributed by atoms with Crippen LogP contribution in [0.3, 0.4) is 0 Å². The molecule has 0 saturated carbocycles. The van der Waals surface area contributed by atoms with E-state index in [4.69, 9.17) is 0 Å². The normalized spacial score (nSPS) is 10.4. The van der Waals surface area contributed by atoms with E-state index in [0.717, 1.165) is 48.0 Å². The second-order valence-electron chi connectivity index (χ2n) is 4.95. The molecule has 0 spiro atoms. The summed E-state index contributed by atoms with van der Waals surface area (Å²) in [6.45, 7) is 7.75. The molecular formula is C16H23N5. The van der Waals surface area contributed by atoms with Gasteiger partial charge in [-0.1, -0.05) is 19.4 Å². The molecule has 2 aromatic rings. The summed E-state index contributed by atoms with van der Waals surface area (Å²) in [5.41, 5.74) is 3.19. The molecule has 0 aliphatic carbocycles. The Bertz CT molecular complexity index is 583. The van der Waals surface area contributed by atoms with Gasteiger partial charge in [0.15, 0.2) is 0 Å². The lowest BCUT2D eigenvalue weighted by atomic mass is 10.1. The fourth-order valence-corrected chi connectivity index (χ4v) is 2.24. The van der Waals surface area contributed by atoms with Gasteiger partial charge < -0.3 is 10.6 Å². The topological polar surface area (TPSA) is 62.7 Å². The van der Waals surface area contributed by atoms with E-state index in [2.05, 4.69) is 39.4 Å². The van der Waals surface area contributed by atoms with E-state index in [0.29, 0.717) is 6.54 Å². The van der Waals surface area contributed by atoms with Crippen molar-refractivity contribution >= 4 is 11.6 Å². The molecule has 2 aromatic heterocycles. The van der Waals surface area contributed by atoms with Gasteiger partial charge in [-0.05, 0) is 32.4 Å². The first-order valence-corrected chi connectivity index (χ1v) is 7.48. The minimum absolute atomic E-state index is 0.668. The Labute approximate surface area is 126 Å². The highest BCUT2D eigenvalue weighted by atomic mass is 15.1. The quantitative estimate of drug-likeness (QED) is 0.818. The minimum Gasteiger partial charge on any atom is -0.370 e. The third-order valence-electron chi connectivity index (χ3n) is 3.17. The van der Waals surface area contributed by atoms with Gasteiger partial charge in [0, 0.05) is 17.8 Å². The Morgan fingerprint density at radius 3 is 2.48 bits per heavy atom. The molecule has 5 nitrogen and oxygen atoms in total. The number of pyridine rings is 1. The summed E-state index contributed by atoms with van der Waals surface area (Å²) in [7, 11) is 0. The third kappa shape index (κ3) is 4.15. The molecule has 0 saturated heterocycles. The maximum Gasteiger partial charge on any atom is 0.135 e. The van der Waals surface area contributed by atoms with E-state index in [9.17, 15) is 0 Å². The van der Waals surface area contributed by atoms with Crippen molar-refractivity contribution in [2.75, 3.05) is 17.2 Å². The van der Waals surface area contributed by atoms with E-state index in [1.54, 1.807) is 6.33 Å². The molecule has 0 fully saturated rings. The molecule has 0 bridgehead atoms. The average Bonchev–Trinajstić information content (AvgIpc) is 2.48. The van der Waals surface area contributed by atoms with Gasteiger partial charge in [-0.3, -0.25) is 4.98 Å². The van der Waals surface area contributed by atoms with Gasteiger partial charge in [-0.15, -0.1) is 0 Å². The van der Waals surface area contributed by atoms with Crippen molar-refractivity contribution < 1.29 is 0 Å². The van der Waals surface area contributed by atoms with Crippen LogP contribution in [0.5, 0.6) is 0 Å². The monoisotopic (exact) mass is 285 g/mol. The van der Waals surface area contributed by atoms with E-state index in [-0.39, 0.29) is 0 Å². The van der Waals surface area contributed by atoms with Crippen LogP contribution in [0.1, 0.15) is 37.2 Å². The van der Waals surface area contributed by atoms with Gasteiger partial charge >= 0.3 is 0 Å². The highest BCUT2D eigenvalue weighted by molar-refractivity contribution is 5.57. The first-order chi connectivity index (χ1) is 10.2. The number of hydrogen-bond donors (Lipinski definition) is 2. The smallest absolute Gasteiger partial charge is 0.135 e. The van der Waals surface area contributed by atoms with Crippen molar-refractivity contribution in [1.82, 2.24) is 15.0 Å². The van der Waals surface area contributed by atoms with Crippen LogP contribution in [-0.4, -0.2) is 21.5 Å². The van der Waals surface area contributed by atoms with Gasteiger partial charge in [0.1, 0.15) is 18.0 Å². The fourth-order valence-electron chi connectivity index (χ4n) is 2.24. The Kier molecular flexibility index (Phi) is 5.49. The van der Waals surface area contributed by atoms with Gasteiger partial charge in [-0.25, -0.2) is 9.97 Å². The van der Waals surface area contributed by atoms with Crippen LogP contribution in [0, 0.1) is 6.92 Å². The second kappa shape index (κ2) is 7.57. The van der Waals surface area contributed by atoms with Crippen LogP contribution >= 0.6 is 0 Å². The largest absolute Gasteiger partial charge is 0.370 e. The van der Waals surface area contributed by atoms with Crippen molar-refractivity contribution in [3.8, 4) is 0 Å². The molecule has 0 unspecified atom stereocenters. The van der Waals surface area contributed by atoms with Crippen LogP contribution in [0.4, 0.5) is 11.6 Å². The Morgan fingerprint density at radius 1 is 1.05 bits per heavy atom.